The van der Waals surface area contributed by atoms with Crippen LogP contribution in [0.4, 0.5) is 11.4 Å². The lowest BCUT2D eigenvalue weighted by Gasteiger charge is -2.20. The van der Waals surface area contributed by atoms with Gasteiger partial charge in [-0.05, 0) is 24.6 Å². The Hall–Kier alpha value is -3.09. The number of furan rings is 1. The number of anilines is 2. The van der Waals surface area contributed by atoms with Crippen molar-refractivity contribution < 1.29 is 18.8 Å². The van der Waals surface area contributed by atoms with E-state index in [1.54, 1.807) is 23.1 Å². The van der Waals surface area contributed by atoms with Crippen LogP contribution in [0.2, 0.25) is 0 Å². The van der Waals surface area contributed by atoms with Gasteiger partial charge in [0.05, 0.1) is 23.2 Å². The molecule has 7 nitrogen and oxygen atoms in total. The summed E-state index contributed by atoms with van der Waals surface area (Å²) >= 11 is 0. The zero-order chi connectivity index (χ0) is 17.6. The van der Waals surface area contributed by atoms with E-state index in [0.29, 0.717) is 29.9 Å². The number of amides is 3. The minimum Gasteiger partial charge on any atom is -0.472 e. The average molecular weight is 341 g/mol. The zero-order valence-electron chi connectivity index (χ0n) is 13.7. The van der Waals surface area contributed by atoms with Crippen molar-refractivity contribution in [2.24, 2.45) is 0 Å². The largest absolute Gasteiger partial charge is 0.472 e. The van der Waals surface area contributed by atoms with Gasteiger partial charge in [-0.2, -0.15) is 0 Å². The third kappa shape index (κ3) is 4.06. The molecule has 1 aliphatic rings. The quantitative estimate of drug-likeness (QED) is 0.842. The summed E-state index contributed by atoms with van der Waals surface area (Å²) < 4.78 is 4.84. The second kappa shape index (κ2) is 7.65. The highest BCUT2D eigenvalue weighted by Gasteiger charge is 2.24. The summed E-state index contributed by atoms with van der Waals surface area (Å²) in [6.07, 6.45) is 4.24. The first kappa shape index (κ1) is 16.8. The fourth-order valence-corrected chi connectivity index (χ4v) is 2.72. The summed E-state index contributed by atoms with van der Waals surface area (Å²) in [7, 11) is 0. The Balaban J connectivity index is 1.54. The van der Waals surface area contributed by atoms with Crippen LogP contribution in [0.15, 0.2) is 47.3 Å². The molecule has 25 heavy (non-hydrogen) atoms. The second-order valence-corrected chi connectivity index (χ2v) is 5.73. The van der Waals surface area contributed by atoms with Crippen molar-refractivity contribution in [2.75, 3.05) is 23.3 Å². The van der Waals surface area contributed by atoms with Crippen molar-refractivity contribution in [3.63, 3.8) is 0 Å². The van der Waals surface area contributed by atoms with Gasteiger partial charge in [0.15, 0.2) is 0 Å². The SMILES string of the molecule is O=C(CCNC(=O)c1ccoc1)Nc1ccccc1N1CCCC1=O. The maximum Gasteiger partial charge on any atom is 0.254 e. The Morgan fingerprint density at radius 2 is 2.04 bits per heavy atom. The van der Waals surface area contributed by atoms with Crippen molar-refractivity contribution >= 4 is 29.1 Å². The van der Waals surface area contributed by atoms with Gasteiger partial charge in [0, 0.05) is 25.9 Å². The lowest BCUT2D eigenvalue weighted by Crippen LogP contribution is -2.28. The normalized spacial score (nSPS) is 13.8. The van der Waals surface area contributed by atoms with Crippen LogP contribution in [0.5, 0.6) is 0 Å². The molecule has 3 amide bonds. The average Bonchev–Trinajstić information content (AvgIpc) is 3.27. The van der Waals surface area contributed by atoms with E-state index < -0.39 is 0 Å². The van der Waals surface area contributed by atoms with Gasteiger partial charge in [-0.3, -0.25) is 14.4 Å². The summed E-state index contributed by atoms with van der Waals surface area (Å²) in [6.45, 7) is 0.868. The van der Waals surface area contributed by atoms with E-state index in [0.717, 1.165) is 6.42 Å². The predicted molar refractivity (Wildman–Crippen MR) is 92.3 cm³/mol. The summed E-state index contributed by atoms with van der Waals surface area (Å²) in [6, 6.07) is 8.78. The fraction of sp³-hybridized carbons (Fsp3) is 0.278. The molecule has 2 N–H and O–H groups in total. The number of nitrogens with one attached hydrogen (secondary N) is 2. The topological polar surface area (TPSA) is 91.7 Å². The molecule has 1 aromatic heterocycles. The minimum absolute atomic E-state index is 0.0640. The number of benzene rings is 1. The molecule has 0 unspecified atom stereocenters. The summed E-state index contributed by atoms with van der Waals surface area (Å²) in [5, 5.41) is 5.47. The predicted octanol–water partition coefficient (Wildman–Crippen LogP) is 2.17. The summed E-state index contributed by atoms with van der Waals surface area (Å²) in [4.78, 5) is 37.5. The van der Waals surface area contributed by atoms with Crippen molar-refractivity contribution in [2.45, 2.75) is 19.3 Å². The van der Waals surface area contributed by atoms with E-state index in [-0.39, 0.29) is 30.7 Å². The molecule has 0 bridgehead atoms. The lowest BCUT2D eigenvalue weighted by atomic mass is 10.2. The molecule has 2 heterocycles. The van der Waals surface area contributed by atoms with E-state index in [2.05, 4.69) is 10.6 Å². The number of hydrogen-bond acceptors (Lipinski definition) is 4. The number of hydrogen-bond donors (Lipinski definition) is 2. The number of nitrogens with zero attached hydrogens (tertiary/aromatic N) is 1. The Bertz CT molecular complexity index is 770. The summed E-state index contributed by atoms with van der Waals surface area (Å²) in [5.41, 5.74) is 1.72. The molecule has 3 rings (SSSR count). The molecule has 1 saturated heterocycles. The Morgan fingerprint density at radius 3 is 2.76 bits per heavy atom. The second-order valence-electron chi connectivity index (χ2n) is 5.73. The molecule has 0 spiro atoms. The van der Waals surface area contributed by atoms with Crippen molar-refractivity contribution in [1.82, 2.24) is 5.32 Å². The molecule has 1 aliphatic heterocycles. The Kier molecular flexibility index (Phi) is 5.13. The number of carbonyl (C=O) groups is 3. The van der Waals surface area contributed by atoms with Gasteiger partial charge in [0.2, 0.25) is 11.8 Å². The Morgan fingerprint density at radius 1 is 1.20 bits per heavy atom. The maximum atomic E-state index is 12.1. The summed E-state index contributed by atoms with van der Waals surface area (Å²) in [5.74, 6) is -0.453. The third-order valence-corrected chi connectivity index (χ3v) is 3.96. The van der Waals surface area contributed by atoms with E-state index in [1.807, 2.05) is 12.1 Å². The number of carbonyl (C=O) groups excluding carboxylic acids is 3. The molecule has 0 saturated carbocycles. The molecule has 0 atom stereocenters. The fourth-order valence-electron chi connectivity index (χ4n) is 2.72. The Labute approximate surface area is 145 Å². The molecular weight excluding hydrogens is 322 g/mol. The van der Waals surface area contributed by atoms with Crippen LogP contribution >= 0.6 is 0 Å². The van der Waals surface area contributed by atoms with Crippen LogP contribution in [-0.2, 0) is 9.59 Å². The smallest absolute Gasteiger partial charge is 0.254 e. The first-order valence-corrected chi connectivity index (χ1v) is 8.15. The van der Waals surface area contributed by atoms with E-state index in [4.69, 9.17) is 4.42 Å². The zero-order valence-corrected chi connectivity index (χ0v) is 13.7. The minimum atomic E-state index is -0.287. The van der Waals surface area contributed by atoms with Gasteiger partial charge in [0.1, 0.15) is 6.26 Å². The van der Waals surface area contributed by atoms with Gasteiger partial charge in [-0.15, -0.1) is 0 Å². The monoisotopic (exact) mass is 341 g/mol. The maximum absolute atomic E-state index is 12.1. The first-order chi connectivity index (χ1) is 12.1. The van der Waals surface area contributed by atoms with E-state index >= 15 is 0 Å². The first-order valence-electron chi connectivity index (χ1n) is 8.15. The third-order valence-electron chi connectivity index (χ3n) is 3.96. The number of para-hydroxylation sites is 2. The molecular formula is C18H19N3O4. The van der Waals surface area contributed by atoms with Crippen LogP contribution in [0.3, 0.4) is 0 Å². The molecule has 2 aromatic rings. The van der Waals surface area contributed by atoms with Crippen molar-refractivity contribution in [1.29, 1.82) is 0 Å². The lowest BCUT2D eigenvalue weighted by molar-refractivity contribution is -0.117. The molecule has 1 aromatic carbocycles. The van der Waals surface area contributed by atoms with Gasteiger partial charge < -0.3 is 20.0 Å². The molecule has 130 valence electrons. The van der Waals surface area contributed by atoms with Crippen molar-refractivity contribution in [3.8, 4) is 0 Å². The van der Waals surface area contributed by atoms with Gasteiger partial charge in [-0.25, -0.2) is 0 Å². The molecule has 0 radical (unpaired) electrons. The van der Waals surface area contributed by atoms with E-state index in [1.165, 1.54) is 12.5 Å². The van der Waals surface area contributed by atoms with Gasteiger partial charge in [-0.1, -0.05) is 12.1 Å². The van der Waals surface area contributed by atoms with E-state index in [9.17, 15) is 14.4 Å². The molecule has 0 aliphatic carbocycles. The van der Waals surface area contributed by atoms with Gasteiger partial charge >= 0.3 is 0 Å². The van der Waals surface area contributed by atoms with Crippen LogP contribution < -0.4 is 15.5 Å². The molecule has 1 fully saturated rings. The van der Waals surface area contributed by atoms with Crippen molar-refractivity contribution in [3.05, 3.63) is 48.4 Å². The highest BCUT2D eigenvalue weighted by molar-refractivity contribution is 6.02. The van der Waals surface area contributed by atoms with Gasteiger partial charge in [0.25, 0.3) is 5.91 Å². The van der Waals surface area contributed by atoms with Crippen LogP contribution in [-0.4, -0.2) is 30.8 Å². The highest BCUT2D eigenvalue weighted by atomic mass is 16.3. The number of rotatable bonds is 6. The molecule has 7 heteroatoms. The highest BCUT2D eigenvalue weighted by Crippen LogP contribution is 2.29. The standard InChI is InChI=1S/C18H19N3O4/c22-16(7-9-19-18(24)13-8-11-25-12-13)20-14-4-1-2-5-15(14)21-10-3-6-17(21)23/h1-2,4-5,8,11-12H,3,6-7,9-10H2,(H,19,24)(H,20,22). The van der Waals surface area contributed by atoms with Crippen LogP contribution in [0.25, 0.3) is 0 Å². The van der Waals surface area contributed by atoms with Crippen LogP contribution in [0, 0.1) is 0 Å². The van der Waals surface area contributed by atoms with Crippen LogP contribution in [0.1, 0.15) is 29.6 Å².